The van der Waals surface area contributed by atoms with Crippen molar-refractivity contribution in [3.05, 3.63) is 29.3 Å². The van der Waals surface area contributed by atoms with Crippen LogP contribution in [0, 0.1) is 6.92 Å². The monoisotopic (exact) mass is 290 g/mol. The van der Waals surface area contributed by atoms with Crippen LogP contribution in [0.2, 0.25) is 0 Å². The lowest BCUT2D eigenvalue weighted by Crippen LogP contribution is -2.47. The molecule has 3 nitrogen and oxygen atoms in total. The zero-order valence-corrected chi connectivity index (χ0v) is 14.4. The van der Waals surface area contributed by atoms with Crippen LogP contribution in [0.3, 0.4) is 0 Å². The van der Waals surface area contributed by atoms with Crippen LogP contribution in [-0.4, -0.2) is 30.8 Å². The summed E-state index contributed by atoms with van der Waals surface area (Å²) < 4.78 is 5.72. The van der Waals surface area contributed by atoms with Crippen molar-refractivity contribution in [2.45, 2.75) is 65.8 Å². The Kier molecular flexibility index (Phi) is 4.95. The highest BCUT2D eigenvalue weighted by Crippen LogP contribution is 2.24. The maximum Gasteiger partial charge on any atom is 0.0723 e. The van der Waals surface area contributed by atoms with Gasteiger partial charge in [-0.2, -0.15) is 0 Å². The molecule has 1 aromatic carbocycles. The Bertz CT molecular complexity index is 479. The highest BCUT2D eigenvalue weighted by atomic mass is 16.5. The molecule has 1 saturated heterocycles. The second-order valence-electron chi connectivity index (χ2n) is 7.36. The number of aryl methyl sites for hydroxylation is 1. The third-order valence-electron chi connectivity index (χ3n) is 4.07. The van der Waals surface area contributed by atoms with Crippen molar-refractivity contribution in [3.8, 4) is 0 Å². The minimum Gasteiger partial charge on any atom is -0.375 e. The van der Waals surface area contributed by atoms with Crippen LogP contribution in [-0.2, 0) is 11.3 Å². The van der Waals surface area contributed by atoms with Crippen LogP contribution in [0.1, 0.15) is 45.7 Å². The molecule has 0 bridgehead atoms. The van der Waals surface area contributed by atoms with Crippen molar-refractivity contribution in [2.24, 2.45) is 0 Å². The molecule has 1 N–H and O–H groups in total. The number of anilines is 1. The Labute approximate surface area is 129 Å². The van der Waals surface area contributed by atoms with Crippen LogP contribution in [0.25, 0.3) is 0 Å². The Morgan fingerprint density at radius 2 is 2.00 bits per heavy atom. The first kappa shape index (κ1) is 16.3. The van der Waals surface area contributed by atoms with Crippen LogP contribution >= 0.6 is 0 Å². The summed E-state index contributed by atoms with van der Waals surface area (Å²) in [6, 6.07) is 7.27. The molecule has 1 aromatic rings. The summed E-state index contributed by atoms with van der Waals surface area (Å²) in [6.07, 6.45) is 0.309. The predicted molar refractivity (Wildman–Crippen MR) is 90.0 cm³/mol. The summed E-state index contributed by atoms with van der Waals surface area (Å²) in [5.74, 6) is 0. The van der Waals surface area contributed by atoms with E-state index in [1.54, 1.807) is 0 Å². The predicted octanol–water partition coefficient (Wildman–Crippen LogP) is 3.50. The normalized spacial score (nSPS) is 23.4. The molecule has 0 aromatic heterocycles. The van der Waals surface area contributed by atoms with Crippen molar-refractivity contribution in [3.63, 3.8) is 0 Å². The topological polar surface area (TPSA) is 24.5 Å². The molecule has 0 saturated carbocycles. The fourth-order valence-corrected chi connectivity index (χ4v) is 2.68. The maximum atomic E-state index is 5.72. The number of nitrogens with one attached hydrogen (secondary N) is 1. The maximum absolute atomic E-state index is 5.72. The molecule has 118 valence electrons. The highest BCUT2D eigenvalue weighted by Gasteiger charge is 2.23. The van der Waals surface area contributed by atoms with Gasteiger partial charge in [-0.05, 0) is 64.8 Å². The molecule has 0 spiro atoms. The molecular weight excluding hydrogens is 260 g/mol. The van der Waals surface area contributed by atoms with E-state index in [0.717, 1.165) is 19.7 Å². The van der Waals surface area contributed by atoms with Crippen molar-refractivity contribution in [1.82, 2.24) is 5.32 Å². The van der Waals surface area contributed by atoms with E-state index in [1.165, 1.54) is 16.8 Å². The van der Waals surface area contributed by atoms with Gasteiger partial charge in [0.05, 0.1) is 12.7 Å². The number of hydrogen-bond donors (Lipinski definition) is 1. The van der Waals surface area contributed by atoms with Crippen LogP contribution in [0.15, 0.2) is 18.2 Å². The van der Waals surface area contributed by atoms with Gasteiger partial charge in [0.25, 0.3) is 0 Å². The van der Waals surface area contributed by atoms with Gasteiger partial charge in [0, 0.05) is 30.4 Å². The van der Waals surface area contributed by atoms with E-state index >= 15 is 0 Å². The van der Waals surface area contributed by atoms with Crippen LogP contribution in [0.5, 0.6) is 0 Å². The number of hydrogen-bond acceptors (Lipinski definition) is 3. The van der Waals surface area contributed by atoms with E-state index in [9.17, 15) is 0 Å². The summed E-state index contributed by atoms with van der Waals surface area (Å²) in [5.41, 5.74) is 4.20. The fraction of sp³-hybridized carbons (Fsp3) is 0.667. The van der Waals surface area contributed by atoms with Gasteiger partial charge in [-0.25, -0.2) is 0 Å². The molecule has 1 aliphatic rings. The van der Waals surface area contributed by atoms with Gasteiger partial charge in [0.2, 0.25) is 0 Å². The molecule has 0 amide bonds. The van der Waals surface area contributed by atoms with Gasteiger partial charge in [-0.3, -0.25) is 0 Å². The van der Waals surface area contributed by atoms with Gasteiger partial charge in [-0.15, -0.1) is 0 Å². The van der Waals surface area contributed by atoms with Crippen molar-refractivity contribution >= 4 is 5.69 Å². The van der Waals surface area contributed by atoms with Gasteiger partial charge in [-0.1, -0.05) is 6.07 Å². The van der Waals surface area contributed by atoms with E-state index in [4.69, 9.17) is 4.74 Å². The Hall–Kier alpha value is -1.06. The second-order valence-corrected chi connectivity index (χ2v) is 7.36. The first-order valence-electron chi connectivity index (χ1n) is 7.99. The zero-order chi connectivity index (χ0) is 15.6. The minimum atomic E-state index is 0.152. The molecule has 2 rings (SSSR count). The average molecular weight is 290 g/mol. The molecule has 2 atom stereocenters. The molecule has 21 heavy (non-hydrogen) atoms. The average Bonchev–Trinajstić information content (AvgIpc) is 2.39. The summed E-state index contributed by atoms with van der Waals surface area (Å²) in [4.78, 5) is 2.46. The summed E-state index contributed by atoms with van der Waals surface area (Å²) in [5, 5.41) is 3.56. The first-order chi connectivity index (χ1) is 9.76. The molecule has 3 heteroatoms. The molecule has 2 unspecified atom stereocenters. The molecule has 1 fully saturated rings. The lowest BCUT2D eigenvalue weighted by atomic mass is 10.0. The molecule has 0 aliphatic carbocycles. The molecular formula is C18H30N2O. The van der Waals surface area contributed by atoms with Crippen LogP contribution < -0.4 is 10.2 Å². The third-order valence-corrected chi connectivity index (χ3v) is 4.07. The Balaban J connectivity index is 2.11. The smallest absolute Gasteiger partial charge is 0.0723 e. The summed E-state index contributed by atoms with van der Waals surface area (Å²) in [7, 11) is 0. The van der Waals surface area contributed by atoms with E-state index in [1.807, 2.05) is 0 Å². The lowest BCUT2D eigenvalue weighted by Gasteiger charge is -2.38. The largest absolute Gasteiger partial charge is 0.375 e. The number of rotatable bonds is 3. The van der Waals surface area contributed by atoms with Crippen molar-refractivity contribution in [1.29, 1.82) is 0 Å². The van der Waals surface area contributed by atoms with E-state index in [2.05, 4.69) is 70.0 Å². The summed E-state index contributed by atoms with van der Waals surface area (Å²) >= 11 is 0. The molecule has 1 aliphatic heterocycles. The number of morpholine rings is 1. The van der Waals surface area contributed by atoms with E-state index in [-0.39, 0.29) is 5.54 Å². The lowest BCUT2D eigenvalue weighted by molar-refractivity contribution is 0.0344. The van der Waals surface area contributed by atoms with Gasteiger partial charge in [0.15, 0.2) is 0 Å². The SMILES string of the molecule is Cc1cc(N2CC(C)OCC2C)ccc1CNC(C)(C)C. The first-order valence-corrected chi connectivity index (χ1v) is 7.99. The number of ether oxygens (including phenoxy) is 1. The van der Waals surface area contributed by atoms with E-state index < -0.39 is 0 Å². The van der Waals surface area contributed by atoms with Gasteiger partial charge >= 0.3 is 0 Å². The quantitative estimate of drug-likeness (QED) is 0.922. The summed E-state index contributed by atoms with van der Waals surface area (Å²) in [6.45, 7) is 15.9. The second kappa shape index (κ2) is 6.37. The van der Waals surface area contributed by atoms with E-state index in [0.29, 0.717) is 12.1 Å². The molecule has 0 radical (unpaired) electrons. The van der Waals surface area contributed by atoms with Gasteiger partial charge < -0.3 is 15.0 Å². The zero-order valence-electron chi connectivity index (χ0n) is 14.4. The van der Waals surface area contributed by atoms with Crippen molar-refractivity contribution in [2.75, 3.05) is 18.1 Å². The Morgan fingerprint density at radius 3 is 2.62 bits per heavy atom. The van der Waals surface area contributed by atoms with Crippen molar-refractivity contribution < 1.29 is 4.74 Å². The highest BCUT2D eigenvalue weighted by molar-refractivity contribution is 5.52. The number of nitrogens with zero attached hydrogens (tertiary/aromatic N) is 1. The standard InChI is InChI=1S/C18H30N2O/c1-13-9-17(20-11-15(3)21-12-14(20)2)8-7-16(13)10-19-18(4,5)6/h7-9,14-15,19H,10-12H2,1-6H3. The van der Waals surface area contributed by atoms with Crippen LogP contribution in [0.4, 0.5) is 5.69 Å². The Morgan fingerprint density at radius 1 is 1.29 bits per heavy atom. The number of benzene rings is 1. The van der Waals surface area contributed by atoms with Gasteiger partial charge in [0.1, 0.15) is 0 Å². The fourth-order valence-electron chi connectivity index (χ4n) is 2.68. The minimum absolute atomic E-state index is 0.152. The molecule has 1 heterocycles. The third kappa shape index (κ3) is 4.45.